The average Bonchev–Trinajstić information content (AvgIpc) is 3.09. The molecule has 88 valence electrons. The molecule has 1 aliphatic rings. The molecule has 0 radical (unpaired) electrons. The van der Waals surface area contributed by atoms with E-state index in [2.05, 4.69) is 11.4 Å². The monoisotopic (exact) mass is 228 g/mol. The van der Waals surface area contributed by atoms with Crippen LogP contribution in [0.2, 0.25) is 0 Å². The Kier molecular flexibility index (Phi) is 3.43. The van der Waals surface area contributed by atoms with Gasteiger partial charge in [-0.3, -0.25) is 4.79 Å². The molecule has 1 fully saturated rings. The Morgan fingerprint density at radius 2 is 2.35 bits per heavy atom. The summed E-state index contributed by atoms with van der Waals surface area (Å²) in [7, 11) is 0. The normalized spacial score (nSPS) is 16.0. The summed E-state index contributed by atoms with van der Waals surface area (Å²) >= 11 is 0. The highest BCUT2D eigenvalue weighted by Crippen LogP contribution is 2.22. The van der Waals surface area contributed by atoms with Crippen LogP contribution in [-0.2, 0) is 4.79 Å². The third kappa shape index (κ3) is 3.32. The molecule has 1 atom stereocenters. The molecule has 1 aromatic rings. The number of hydrogen-bond donors (Lipinski definition) is 1. The van der Waals surface area contributed by atoms with Crippen LogP contribution in [0.15, 0.2) is 24.3 Å². The molecule has 1 amide bonds. The van der Waals surface area contributed by atoms with Crippen molar-refractivity contribution < 1.29 is 4.79 Å². The number of nitriles is 1. The highest BCUT2D eigenvalue weighted by atomic mass is 16.1. The van der Waals surface area contributed by atoms with Gasteiger partial charge in [-0.25, -0.2) is 0 Å². The van der Waals surface area contributed by atoms with Gasteiger partial charge in [0.1, 0.15) is 0 Å². The predicted molar refractivity (Wildman–Crippen MR) is 65.3 cm³/mol. The zero-order valence-corrected chi connectivity index (χ0v) is 9.94. The van der Waals surface area contributed by atoms with Crippen molar-refractivity contribution in [1.82, 2.24) is 5.32 Å². The minimum atomic E-state index is -0.339. The molecule has 1 unspecified atom stereocenters. The lowest BCUT2D eigenvalue weighted by atomic mass is 9.95. The first-order chi connectivity index (χ1) is 8.19. The lowest BCUT2D eigenvalue weighted by Crippen LogP contribution is -2.26. The van der Waals surface area contributed by atoms with Crippen LogP contribution in [-0.4, -0.2) is 11.9 Å². The summed E-state index contributed by atoms with van der Waals surface area (Å²) in [6.45, 7) is 1.99. The van der Waals surface area contributed by atoms with Crippen LogP contribution < -0.4 is 5.32 Å². The minimum absolute atomic E-state index is 0.0134. The van der Waals surface area contributed by atoms with E-state index >= 15 is 0 Å². The molecule has 1 saturated carbocycles. The lowest BCUT2D eigenvalue weighted by molar-refractivity contribution is -0.121. The molecule has 2 rings (SSSR count). The first-order valence-electron chi connectivity index (χ1n) is 5.94. The second-order valence-electron chi connectivity index (χ2n) is 4.64. The van der Waals surface area contributed by atoms with Gasteiger partial charge in [0, 0.05) is 12.5 Å². The van der Waals surface area contributed by atoms with Crippen molar-refractivity contribution in [2.45, 2.75) is 38.1 Å². The Morgan fingerprint density at radius 1 is 1.59 bits per heavy atom. The van der Waals surface area contributed by atoms with Gasteiger partial charge in [0.05, 0.1) is 12.0 Å². The summed E-state index contributed by atoms with van der Waals surface area (Å²) in [6, 6.07) is 10.4. The Morgan fingerprint density at radius 3 is 2.94 bits per heavy atom. The van der Waals surface area contributed by atoms with Crippen molar-refractivity contribution in [2.75, 3.05) is 0 Å². The third-order valence-corrected chi connectivity index (χ3v) is 2.93. The van der Waals surface area contributed by atoms with Crippen molar-refractivity contribution in [3.8, 4) is 6.07 Å². The summed E-state index contributed by atoms with van der Waals surface area (Å²) < 4.78 is 0. The summed E-state index contributed by atoms with van der Waals surface area (Å²) in [5.41, 5.74) is 2.05. The highest BCUT2D eigenvalue weighted by Gasteiger charge is 2.24. The van der Waals surface area contributed by atoms with Crippen molar-refractivity contribution in [2.24, 2.45) is 0 Å². The van der Waals surface area contributed by atoms with Crippen LogP contribution in [0.1, 0.15) is 36.3 Å². The second kappa shape index (κ2) is 5.01. The predicted octanol–water partition coefficient (Wildman–Crippen LogP) is 2.27. The Balaban J connectivity index is 2.00. The quantitative estimate of drug-likeness (QED) is 0.859. The maximum atomic E-state index is 11.7. The molecule has 3 nitrogen and oxygen atoms in total. The third-order valence-electron chi connectivity index (χ3n) is 2.93. The molecule has 17 heavy (non-hydrogen) atoms. The molecular weight excluding hydrogens is 212 g/mol. The first kappa shape index (κ1) is 11.7. The van der Waals surface area contributed by atoms with E-state index in [0.29, 0.717) is 6.04 Å². The number of benzene rings is 1. The number of carbonyl (C=O) groups is 1. The van der Waals surface area contributed by atoms with Crippen LogP contribution in [0.5, 0.6) is 0 Å². The zero-order valence-electron chi connectivity index (χ0n) is 9.94. The first-order valence-corrected chi connectivity index (χ1v) is 5.94. The van der Waals surface area contributed by atoms with Crippen LogP contribution >= 0.6 is 0 Å². The summed E-state index contributed by atoms with van der Waals surface area (Å²) in [6.07, 6.45) is 2.41. The van der Waals surface area contributed by atoms with Crippen molar-refractivity contribution in [3.05, 3.63) is 35.4 Å². The number of nitrogens with one attached hydrogen (secondary N) is 1. The maximum Gasteiger partial charge on any atom is 0.221 e. The number of rotatable bonds is 4. The standard InChI is InChI=1S/C14H16N2O/c1-10-3-2-4-11(7-10)12(9-15)8-14(17)16-13-5-6-13/h2-4,7,12-13H,5-6,8H2,1H3,(H,16,17). The number of carbonyl (C=O) groups excluding carboxylic acids is 1. The number of aryl methyl sites for hydroxylation is 1. The van der Waals surface area contributed by atoms with E-state index in [-0.39, 0.29) is 18.2 Å². The fraction of sp³-hybridized carbons (Fsp3) is 0.429. The molecule has 0 aromatic heterocycles. The molecule has 0 spiro atoms. The fourth-order valence-corrected chi connectivity index (χ4v) is 1.82. The molecule has 0 heterocycles. The summed E-state index contributed by atoms with van der Waals surface area (Å²) in [4.78, 5) is 11.7. The highest BCUT2D eigenvalue weighted by molar-refractivity contribution is 5.78. The number of nitrogens with zero attached hydrogens (tertiary/aromatic N) is 1. The molecule has 1 aromatic carbocycles. The van der Waals surface area contributed by atoms with Gasteiger partial charge >= 0.3 is 0 Å². The molecular formula is C14H16N2O. The maximum absolute atomic E-state index is 11.7. The Hall–Kier alpha value is -1.82. The smallest absolute Gasteiger partial charge is 0.221 e. The second-order valence-corrected chi connectivity index (χ2v) is 4.64. The van der Waals surface area contributed by atoms with Crippen LogP contribution in [0.25, 0.3) is 0 Å². The van der Waals surface area contributed by atoms with E-state index < -0.39 is 0 Å². The van der Waals surface area contributed by atoms with Gasteiger partial charge in [-0.1, -0.05) is 29.8 Å². The van der Waals surface area contributed by atoms with Gasteiger partial charge < -0.3 is 5.32 Å². The Labute approximate surface area is 101 Å². The molecule has 3 heteroatoms. The van der Waals surface area contributed by atoms with Gasteiger partial charge in [-0.05, 0) is 25.3 Å². The van der Waals surface area contributed by atoms with Gasteiger partial charge in [0.15, 0.2) is 0 Å². The Bertz CT molecular complexity index is 458. The largest absolute Gasteiger partial charge is 0.353 e. The fourth-order valence-electron chi connectivity index (χ4n) is 1.82. The molecule has 1 N–H and O–H groups in total. The SMILES string of the molecule is Cc1cccc(C(C#N)CC(=O)NC2CC2)c1. The molecule has 0 aliphatic heterocycles. The van der Waals surface area contributed by atoms with E-state index in [9.17, 15) is 4.79 Å². The average molecular weight is 228 g/mol. The summed E-state index contributed by atoms with van der Waals surface area (Å²) in [5.74, 6) is -0.353. The van der Waals surface area contributed by atoms with Gasteiger partial charge in [0.25, 0.3) is 0 Å². The number of amides is 1. The van der Waals surface area contributed by atoms with E-state index in [0.717, 1.165) is 24.0 Å². The van der Waals surface area contributed by atoms with E-state index in [1.807, 2.05) is 31.2 Å². The van der Waals surface area contributed by atoms with Gasteiger partial charge in [0.2, 0.25) is 5.91 Å². The van der Waals surface area contributed by atoms with Crippen molar-refractivity contribution in [1.29, 1.82) is 5.26 Å². The molecule has 0 saturated heterocycles. The van der Waals surface area contributed by atoms with Crippen LogP contribution in [0.4, 0.5) is 0 Å². The van der Waals surface area contributed by atoms with E-state index in [4.69, 9.17) is 5.26 Å². The van der Waals surface area contributed by atoms with E-state index in [1.54, 1.807) is 0 Å². The van der Waals surface area contributed by atoms with Gasteiger partial charge in [-0.15, -0.1) is 0 Å². The lowest BCUT2D eigenvalue weighted by Gasteiger charge is -2.10. The van der Waals surface area contributed by atoms with Gasteiger partial charge in [-0.2, -0.15) is 5.26 Å². The molecule has 0 bridgehead atoms. The topological polar surface area (TPSA) is 52.9 Å². The van der Waals surface area contributed by atoms with Crippen molar-refractivity contribution in [3.63, 3.8) is 0 Å². The molecule has 1 aliphatic carbocycles. The van der Waals surface area contributed by atoms with Crippen molar-refractivity contribution >= 4 is 5.91 Å². The van der Waals surface area contributed by atoms with Crippen LogP contribution in [0, 0.1) is 18.3 Å². The summed E-state index contributed by atoms with van der Waals surface area (Å²) in [5, 5.41) is 12.1. The van der Waals surface area contributed by atoms with Crippen LogP contribution in [0.3, 0.4) is 0 Å². The number of hydrogen-bond acceptors (Lipinski definition) is 2. The minimum Gasteiger partial charge on any atom is -0.353 e. The zero-order chi connectivity index (χ0) is 12.3. The van der Waals surface area contributed by atoms with E-state index in [1.165, 1.54) is 0 Å².